The quantitative estimate of drug-likeness (QED) is 0.442. The first-order valence-corrected chi connectivity index (χ1v) is 14.0. The second-order valence-electron chi connectivity index (χ2n) is 11.0. The summed E-state index contributed by atoms with van der Waals surface area (Å²) in [5.74, 6) is 0.678. The molecule has 11 heteroatoms. The van der Waals surface area contributed by atoms with E-state index in [2.05, 4.69) is 15.0 Å². The third-order valence-corrected chi connectivity index (χ3v) is 8.35. The van der Waals surface area contributed by atoms with Gasteiger partial charge >= 0.3 is 6.18 Å². The van der Waals surface area contributed by atoms with Crippen LogP contribution in [-0.4, -0.2) is 80.6 Å². The number of fused-ring (bicyclic) bond motifs is 1. The van der Waals surface area contributed by atoms with E-state index in [-0.39, 0.29) is 23.9 Å². The highest BCUT2D eigenvalue weighted by Gasteiger charge is 2.40. The summed E-state index contributed by atoms with van der Waals surface area (Å²) >= 11 is 0. The van der Waals surface area contributed by atoms with Gasteiger partial charge in [0.25, 0.3) is 5.91 Å². The van der Waals surface area contributed by atoms with Crippen molar-refractivity contribution in [1.29, 1.82) is 0 Å². The summed E-state index contributed by atoms with van der Waals surface area (Å²) in [5, 5.41) is 0. The zero-order chi connectivity index (χ0) is 28.7. The van der Waals surface area contributed by atoms with Crippen LogP contribution >= 0.6 is 0 Å². The zero-order valence-corrected chi connectivity index (χ0v) is 22.8. The Balaban J connectivity index is 1.14. The lowest BCUT2D eigenvalue weighted by atomic mass is 9.82. The molecule has 1 saturated carbocycles. The van der Waals surface area contributed by atoms with Gasteiger partial charge in [0.05, 0.1) is 24.1 Å². The molecule has 3 aliphatic rings. The molecule has 8 nitrogen and oxygen atoms in total. The third kappa shape index (κ3) is 5.37. The van der Waals surface area contributed by atoms with Crippen LogP contribution in [0.1, 0.15) is 58.6 Å². The molecule has 0 atom stereocenters. The molecule has 2 amide bonds. The van der Waals surface area contributed by atoms with E-state index in [9.17, 15) is 22.8 Å². The molecule has 0 radical (unpaired) electrons. The fraction of sp³-hybridized carbons (Fsp3) is 0.433. The summed E-state index contributed by atoms with van der Waals surface area (Å²) in [7, 11) is 0. The standard InChI is InChI=1S/C30H31F3N6O2/c1-19-15-21(5-6-22(19)29(41)38-13-11-37(12-14-38)26(40)17-20-3-2-4-20)16-24-28-36-18-25(39(28)10-9-34-24)23-7-8-35-27(23)30(31,32)33/h5-7,9-10,15,18,20H,2-4,8,11-14,16-17H2,1H3. The van der Waals surface area contributed by atoms with Crippen molar-refractivity contribution in [1.82, 2.24) is 24.2 Å². The first-order valence-electron chi connectivity index (χ1n) is 14.0. The van der Waals surface area contributed by atoms with Crippen LogP contribution in [0.5, 0.6) is 0 Å². The van der Waals surface area contributed by atoms with Crippen LogP contribution in [0, 0.1) is 12.8 Å². The third-order valence-electron chi connectivity index (χ3n) is 8.35. The lowest BCUT2D eigenvalue weighted by Gasteiger charge is -2.36. The predicted octanol–water partition coefficient (Wildman–Crippen LogP) is 4.50. The normalized spacial score (nSPS) is 18.0. The summed E-state index contributed by atoms with van der Waals surface area (Å²) in [4.78, 5) is 42.0. The number of halogens is 3. The number of allylic oxidation sites excluding steroid dienone is 1. The van der Waals surface area contributed by atoms with Crippen LogP contribution in [-0.2, 0) is 11.2 Å². The molecule has 2 aliphatic heterocycles. The minimum Gasteiger partial charge on any atom is -0.339 e. The molecular formula is C30H31F3N6O2. The summed E-state index contributed by atoms with van der Waals surface area (Å²) in [6.45, 7) is 4.02. The first kappa shape index (κ1) is 27.2. The van der Waals surface area contributed by atoms with Crippen molar-refractivity contribution in [2.45, 2.75) is 45.2 Å². The number of alkyl halides is 3. The molecule has 2 fully saturated rings. The molecule has 1 aliphatic carbocycles. The Hall–Kier alpha value is -4.02. The van der Waals surface area contributed by atoms with Crippen molar-refractivity contribution in [2.24, 2.45) is 10.9 Å². The van der Waals surface area contributed by atoms with Crippen molar-refractivity contribution < 1.29 is 22.8 Å². The zero-order valence-electron chi connectivity index (χ0n) is 22.8. The van der Waals surface area contributed by atoms with Gasteiger partial charge in [0.2, 0.25) is 5.91 Å². The summed E-state index contributed by atoms with van der Waals surface area (Å²) in [6.07, 6.45) is 6.01. The van der Waals surface area contributed by atoms with Gasteiger partial charge in [-0.2, -0.15) is 13.2 Å². The minimum absolute atomic E-state index is 0.0180. The molecule has 2 aromatic heterocycles. The van der Waals surface area contributed by atoms with Crippen molar-refractivity contribution in [3.05, 3.63) is 70.9 Å². The molecule has 0 N–H and O–H groups in total. The number of benzene rings is 1. The minimum atomic E-state index is -4.54. The number of carbonyl (C=O) groups is 2. The molecule has 1 aromatic carbocycles. The van der Waals surface area contributed by atoms with E-state index in [0.717, 1.165) is 24.0 Å². The van der Waals surface area contributed by atoms with Gasteiger partial charge in [-0.3, -0.25) is 24.0 Å². The number of aryl methyl sites for hydroxylation is 1. The smallest absolute Gasteiger partial charge is 0.339 e. The highest BCUT2D eigenvalue weighted by Crippen LogP contribution is 2.32. The Morgan fingerprint density at radius 2 is 1.80 bits per heavy atom. The van der Waals surface area contributed by atoms with Crippen molar-refractivity contribution in [3.8, 4) is 0 Å². The second kappa shape index (κ2) is 10.8. The maximum absolute atomic E-state index is 13.5. The fourth-order valence-corrected chi connectivity index (χ4v) is 5.85. The highest BCUT2D eigenvalue weighted by molar-refractivity contribution is 6.27. The van der Waals surface area contributed by atoms with Crippen LogP contribution < -0.4 is 0 Å². The second-order valence-corrected chi connectivity index (χ2v) is 11.0. The average Bonchev–Trinajstić information content (AvgIpc) is 3.58. The van der Waals surface area contributed by atoms with Gasteiger partial charge in [-0.05, 0) is 42.9 Å². The number of aliphatic imine (C=N–C) groups is 1. The van der Waals surface area contributed by atoms with Crippen molar-refractivity contribution >= 4 is 28.7 Å². The van der Waals surface area contributed by atoms with Gasteiger partial charge in [-0.15, -0.1) is 0 Å². The molecule has 4 heterocycles. The van der Waals surface area contributed by atoms with E-state index in [1.165, 1.54) is 18.7 Å². The number of carbonyl (C=O) groups excluding carboxylic acids is 2. The number of hydrogen-bond donors (Lipinski definition) is 0. The van der Waals surface area contributed by atoms with Gasteiger partial charge in [0.1, 0.15) is 5.71 Å². The van der Waals surface area contributed by atoms with Gasteiger partial charge in [-0.25, -0.2) is 4.98 Å². The summed E-state index contributed by atoms with van der Waals surface area (Å²) in [6, 6.07) is 5.63. The molecule has 0 spiro atoms. The van der Waals surface area contributed by atoms with E-state index in [1.54, 1.807) is 21.7 Å². The van der Waals surface area contributed by atoms with E-state index in [4.69, 9.17) is 0 Å². The van der Waals surface area contributed by atoms with E-state index in [1.807, 2.05) is 30.0 Å². The van der Waals surface area contributed by atoms with E-state index in [0.29, 0.717) is 67.5 Å². The average molecular weight is 565 g/mol. The Bertz CT molecular complexity index is 1560. The van der Waals surface area contributed by atoms with E-state index >= 15 is 0 Å². The molecule has 1 saturated heterocycles. The van der Waals surface area contributed by atoms with Gasteiger partial charge < -0.3 is 9.80 Å². The largest absolute Gasteiger partial charge is 0.433 e. The molecule has 41 heavy (non-hydrogen) atoms. The molecule has 3 aromatic rings. The number of imidazole rings is 1. The molecule has 0 bridgehead atoms. The number of hydrogen-bond acceptors (Lipinski definition) is 5. The van der Waals surface area contributed by atoms with Gasteiger partial charge in [-0.1, -0.05) is 24.6 Å². The number of nitrogens with zero attached hydrogens (tertiary/aromatic N) is 6. The topological polar surface area (TPSA) is 83.2 Å². The number of piperazine rings is 1. The van der Waals surface area contributed by atoms with Crippen LogP contribution in [0.25, 0.3) is 11.2 Å². The Kier molecular flexibility index (Phi) is 7.13. The molecular weight excluding hydrogens is 533 g/mol. The number of rotatable bonds is 6. The lowest BCUT2D eigenvalue weighted by Crippen LogP contribution is -2.51. The van der Waals surface area contributed by atoms with Gasteiger partial charge in [0, 0.05) is 62.6 Å². The monoisotopic (exact) mass is 564 g/mol. The maximum atomic E-state index is 13.5. The lowest BCUT2D eigenvalue weighted by molar-refractivity contribution is -0.134. The maximum Gasteiger partial charge on any atom is 0.433 e. The predicted molar refractivity (Wildman–Crippen MR) is 148 cm³/mol. The number of aromatic nitrogens is 3. The van der Waals surface area contributed by atoms with Gasteiger partial charge in [0.15, 0.2) is 5.65 Å². The Morgan fingerprint density at radius 3 is 2.49 bits per heavy atom. The van der Waals surface area contributed by atoms with Crippen LogP contribution in [0.15, 0.2) is 47.9 Å². The van der Waals surface area contributed by atoms with Crippen LogP contribution in [0.2, 0.25) is 0 Å². The molecule has 214 valence electrons. The SMILES string of the molecule is Cc1cc(Cc2nccn3c(C4=CCN=C4C(F)(F)F)cnc23)ccc1C(=O)N1CCN(C(=O)CC2CCC2)CC1. The summed E-state index contributed by atoms with van der Waals surface area (Å²) in [5.41, 5.74) is 2.88. The molecule has 6 rings (SSSR count). The highest BCUT2D eigenvalue weighted by atomic mass is 19.4. The molecule has 0 unspecified atom stereocenters. The van der Waals surface area contributed by atoms with Crippen LogP contribution in [0.4, 0.5) is 13.2 Å². The Morgan fingerprint density at radius 1 is 1.05 bits per heavy atom. The van der Waals surface area contributed by atoms with Crippen molar-refractivity contribution in [2.75, 3.05) is 32.7 Å². The van der Waals surface area contributed by atoms with Crippen LogP contribution in [0.3, 0.4) is 0 Å². The Labute approximate surface area is 235 Å². The summed E-state index contributed by atoms with van der Waals surface area (Å²) < 4.78 is 42.0. The van der Waals surface area contributed by atoms with E-state index < -0.39 is 11.9 Å². The first-order chi connectivity index (χ1) is 19.7. The number of amides is 2. The van der Waals surface area contributed by atoms with Crippen molar-refractivity contribution in [3.63, 3.8) is 0 Å². The fourth-order valence-electron chi connectivity index (χ4n) is 5.85.